The number of ether oxygens (including phenoxy) is 1. The molecule has 3 amide bonds. The van der Waals surface area contributed by atoms with E-state index in [0.29, 0.717) is 0 Å². The van der Waals surface area contributed by atoms with Gasteiger partial charge in [-0.25, -0.2) is 0 Å². The molecule has 11 nitrogen and oxygen atoms in total. The number of aliphatic hydroxyl groups excluding tert-OH is 3. The molecule has 0 spiro atoms. The van der Waals surface area contributed by atoms with Gasteiger partial charge in [-0.1, -0.05) is 0 Å². The zero-order valence-electron chi connectivity index (χ0n) is 16.2. The van der Waals surface area contributed by atoms with Gasteiger partial charge in [-0.3, -0.25) is 14.4 Å². The van der Waals surface area contributed by atoms with E-state index in [1.165, 1.54) is 20.9 Å². The van der Waals surface area contributed by atoms with Crippen LogP contribution in [0.4, 0.5) is 0 Å². The van der Waals surface area contributed by atoms with E-state index in [-0.39, 0.29) is 0 Å². The van der Waals surface area contributed by atoms with Gasteiger partial charge >= 0.3 is 0 Å². The topological polar surface area (TPSA) is 160 Å². The number of hydrogen-bond acceptors (Lipinski definition) is 8. The highest BCUT2D eigenvalue weighted by Crippen LogP contribution is 2.23. The highest BCUT2D eigenvalue weighted by atomic mass is 16.5. The molecule has 0 aromatic carbocycles. The highest BCUT2D eigenvalue weighted by molar-refractivity contribution is 5.89. The predicted octanol–water partition coefficient (Wildman–Crippen LogP) is -3.50. The lowest BCUT2D eigenvalue weighted by molar-refractivity contribution is -0.227. The third-order valence-corrected chi connectivity index (χ3v) is 4.67. The first-order valence-corrected chi connectivity index (χ1v) is 8.69. The lowest BCUT2D eigenvalue weighted by Crippen LogP contribution is -2.69. The maximum atomic E-state index is 12.5. The van der Waals surface area contributed by atoms with Crippen LogP contribution in [0.2, 0.25) is 0 Å². The second-order valence-corrected chi connectivity index (χ2v) is 6.63. The summed E-state index contributed by atoms with van der Waals surface area (Å²) in [6.07, 6.45) is -5.19. The normalized spacial score (nSPS) is 30.1. The van der Waals surface area contributed by atoms with Crippen molar-refractivity contribution in [3.8, 4) is 0 Å². The van der Waals surface area contributed by atoms with E-state index >= 15 is 0 Å². The molecule has 7 unspecified atom stereocenters. The van der Waals surface area contributed by atoms with Gasteiger partial charge in [0.05, 0.1) is 12.6 Å². The molecule has 0 aliphatic carbocycles. The monoisotopic (exact) mass is 390 g/mol. The number of amides is 3. The predicted molar refractivity (Wildman–Crippen MR) is 94.3 cm³/mol. The molecule has 1 aliphatic heterocycles. The van der Waals surface area contributed by atoms with Crippen LogP contribution >= 0.6 is 0 Å². The molecule has 1 heterocycles. The Bertz CT molecular complexity index is 547. The Morgan fingerprint density at radius 1 is 1.11 bits per heavy atom. The van der Waals surface area contributed by atoms with Crippen molar-refractivity contribution in [1.29, 1.82) is 0 Å². The molecular formula is C16H30N4O7. The van der Waals surface area contributed by atoms with Crippen LogP contribution in [-0.2, 0) is 19.1 Å². The quantitative estimate of drug-likeness (QED) is 0.261. The van der Waals surface area contributed by atoms with Crippen LogP contribution < -0.4 is 16.0 Å². The fourth-order valence-corrected chi connectivity index (χ4v) is 2.59. The van der Waals surface area contributed by atoms with Gasteiger partial charge < -0.3 is 40.9 Å². The van der Waals surface area contributed by atoms with Crippen molar-refractivity contribution in [3.63, 3.8) is 0 Å². The molecule has 1 saturated heterocycles. The molecule has 156 valence electrons. The molecule has 1 fully saturated rings. The Morgan fingerprint density at radius 2 is 1.70 bits per heavy atom. The third kappa shape index (κ3) is 5.59. The van der Waals surface area contributed by atoms with Gasteiger partial charge in [-0.05, 0) is 20.9 Å². The molecule has 0 radical (unpaired) electrons. The maximum Gasteiger partial charge on any atom is 0.242 e. The number of rotatable bonds is 7. The average Bonchev–Trinajstić information content (AvgIpc) is 2.63. The Labute approximate surface area is 158 Å². The standard InChI is InChI=1S/C16H30N4O7/c1-7(17-4)14(25)18-8(2)15(26)19-11-13(24)12(23)10(6-21)27-16(11)20(5)9(3)22/h7-8,10-13,16-17,21,23-24H,6H2,1-5H3,(H,18,25)(H,19,26). The van der Waals surface area contributed by atoms with Gasteiger partial charge in [0.1, 0.15) is 30.4 Å². The first-order valence-electron chi connectivity index (χ1n) is 8.69. The number of aliphatic hydroxyl groups is 3. The van der Waals surface area contributed by atoms with E-state index in [1.807, 2.05) is 0 Å². The summed E-state index contributed by atoms with van der Waals surface area (Å²) in [5.41, 5.74) is 0. The summed E-state index contributed by atoms with van der Waals surface area (Å²) in [6.45, 7) is 3.79. The second kappa shape index (κ2) is 9.95. The SMILES string of the molecule is CNC(C)C(=O)NC(C)C(=O)NC1C(O)C(O)C(CO)OC1N(C)C(C)=O. The van der Waals surface area contributed by atoms with E-state index in [1.54, 1.807) is 14.0 Å². The second-order valence-electron chi connectivity index (χ2n) is 6.63. The lowest BCUT2D eigenvalue weighted by atomic mass is 9.95. The zero-order chi connectivity index (χ0) is 20.9. The summed E-state index contributed by atoms with van der Waals surface area (Å²) in [6, 6.07) is -2.60. The molecule has 0 aromatic heterocycles. The molecule has 7 atom stereocenters. The Balaban J connectivity index is 2.92. The number of carbonyl (C=O) groups is 3. The van der Waals surface area contributed by atoms with Crippen LogP contribution in [0.15, 0.2) is 0 Å². The van der Waals surface area contributed by atoms with E-state index < -0.39 is 67.0 Å². The summed E-state index contributed by atoms with van der Waals surface area (Å²) >= 11 is 0. The van der Waals surface area contributed by atoms with Crippen molar-refractivity contribution in [2.24, 2.45) is 0 Å². The van der Waals surface area contributed by atoms with Crippen LogP contribution in [0.3, 0.4) is 0 Å². The molecular weight excluding hydrogens is 360 g/mol. The molecule has 1 aliphatic rings. The Morgan fingerprint density at radius 3 is 2.19 bits per heavy atom. The van der Waals surface area contributed by atoms with E-state index in [9.17, 15) is 29.7 Å². The molecule has 0 saturated carbocycles. The van der Waals surface area contributed by atoms with Crippen LogP contribution in [0, 0.1) is 0 Å². The van der Waals surface area contributed by atoms with Crippen molar-refractivity contribution in [3.05, 3.63) is 0 Å². The van der Waals surface area contributed by atoms with Crippen LogP contribution in [0.25, 0.3) is 0 Å². The molecule has 27 heavy (non-hydrogen) atoms. The van der Waals surface area contributed by atoms with Gasteiger partial charge in [0.25, 0.3) is 0 Å². The molecule has 0 aromatic rings. The van der Waals surface area contributed by atoms with E-state index in [2.05, 4.69) is 16.0 Å². The zero-order valence-corrected chi connectivity index (χ0v) is 16.2. The summed E-state index contributed by atoms with van der Waals surface area (Å²) < 4.78 is 5.50. The Hall–Kier alpha value is -1.79. The number of hydrogen-bond donors (Lipinski definition) is 6. The van der Waals surface area contributed by atoms with Gasteiger partial charge in [0, 0.05) is 14.0 Å². The first-order chi connectivity index (χ1) is 12.5. The molecule has 0 bridgehead atoms. The van der Waals surface area contributed by atoms with Crippen LogP contribution in [-0.4, -0.2) is 101 Å². The van der Waals surface area contributed by atoms with Crippen molar-refractivity contribution in [1.82, 2.24) is 20.9 Å². The lowest BCUT2D eigenvalue weighted by Gasteiger charge is -2.45. The number of carbonyl (C=O) groups excluding carboxylic acids is 3. The summed E-state index contributed by atoms with van der Waals surface area (Å²) in [5, 5.41) is 37.5. The summed E-state index contributed by atoms with van der Waals surface area (Å²) in [5.74, 6) is -1.42. The molecule has 6 N–H and O–H groups in total. The smallest absolute Gasteiger partial charge is 0.242 e. The fraction of sp³-hybridized carbons (Fsp3) is 0.812. The largest absolute Gasteiger partial charge is 0.394 e. The van der Waals surface area contributed by atoms with E-state index in [0.717, 1.165) is 4.90 Å². The molecule has 1 rings (SSSR count). The van der Waals surface area contributed by atoms with Crippen LogP contribution in [0.5, 0.6) is 0 Å². The maximum absolute atomic E-state index is 12.5. The highest BCUT2D eigenvalue weighted by Gasteiger charge is 2.47. The minimum atomic E-state index is -1.49. The van der Waals surface area contributed by atoms with Crippen LogP contribution in [0.1, 0.15) is 20.8 Å². The van der Waals surface area contributed by atoms with E-state index in [4.69, 9.17) is 4.74 Å². The minimum absolute atomic E-state index is 0.390. The fourth-order valence-electron chi connectivity index (χ4n) is 2.59. The van der Waals surface area contributed by atoms with Gasteiger partial charge in [-0.2, -0.15) is 0 Å². The van der Waals surface area contributed by atoms with Gasteiger partial charge in [-0.15, -0.1) is 0 Å². The van der Waals surface area contributed by atoms with Crippen molar-refractivity contribution < 1.29 is 34.4 Å². The summed E-state index contributed by atoms with van der Waals surface area (Å²) in [4.78, 5) is 37.2. The van der Waals surface area contributed by atoms with Gasteiger partial charge in [0.15, 0.2) is 6.23 Å². The number of likely N-dealkylation sites (N-methyl/N-ethyl adjacent to an activating group) is 2. The van der Waals surface area contributed by atoms with Crippen molar-refractivity contribution in [2.45, 2.75) is 63.4 Å². The summed E-state index contributed by atoms with van der Waals surface area (Å²) in [7, 11) is 3.01. The minimum Gasteiger partial charge on any atom is -0.394 e. The van der Waals surface area contributed by atoms with Crippen molar-refractivity contribution in [2.75, 3.05) is 20.7 Å². The average molecular weight is 390 g/mol. The first kappa shape index (κ1) is 23.2. The van der Waals surface area contributed by atoms with Crippen molar-refractivity contribution >= 4 is 17.7 Å². The number of nitrogens with one attached hydrogen (secondary N) is 3. The molecule has 11 heteroatoms. The van der Waals surface area contributed by atoms with Gasteiger partial charge in [0.2, 0.25) is 17.7 Å². The Kier molecular flexibility index (Phi) is 8.57. The number of nitrogens with zero attached hydrogens (tertiary/aromatic N) is 1. The third-order valence-electron chi connectivity index (χ3n) is 4.67.